The molecule has 0 radical (unpaired) electrons. The van der Waals surface area contributed by atoms with E-state index >= 15 is 0 Å². The topological polar surface area (TPSA) is 307 Å². The third-order valence-corrected chi connectivity index (χ3v) is 18.2. The van der Waals surface area contributed by atoms with Gasteiger partial charge < -0.3 is 89.9 Å². The predicted molar refractivity (Wildman–Crippen MR) is 374 cm³/mol. The van der Waals surface area contributed by atoms with Gasteiger partial charge in [0.15, 0.2) is 18.9 Å². The van der Waals surface area contributed by atoms with Gasteiger partial charge in [0.25, 0.3) is 0 Å². The lowest BCUT2D eigenvalue weighted by molar-refractivity contribution is -0.379. The summed E-state index contributed by atoms with van der Waals surface area (Å²) in [5, 5.41) is 121. The van der Waals surface area contributed by atoms with E-state index in [0.29, 0.717) is 12.8 Å². The molecule has 0 aromatic carbocycles. The van der Waals surface area contributed by atoms with E-state index in [2.05, 4.69) is 92.1 Å². The number of unbranched alkanes of at least 4 members (excludes halogenated alkanes) is 29. The Hall–Kier alpha value is -3.03. The maximum Gasteiger partial charge on any atom is 0.220 e. The van der Waals surface area contributed by atoms with Crippen molar-refractivity contribution in [1.29, 1.82) is 0 Å². The van der Waals surface area contributed by atoms with Crippen molar-refractivity contribution in [3.8, 4) is 0 Å². The molecule has 0 bridgehead atoms. The van der Waals surface area contributed by atoms with Crippen LogP contribution in [0.25, 0.3) is 0 Å². The average Bonchev–Trinajstić information content (AvgIpc) is 0.787. The van der Waals surface area contributed by atoms with Crippen LogP contribution in [0.2, 0.25) is 0 Å². The monoisotopic (exact) mass is 1350 g/mol. The maximum atomic E-state index is 13.4. The normalized spacial score (nSPS) is 27.7. The number of aliphatic hydroxyl groups excluding tert-OH is 11. The van der Waals surface area contributed by atoms with E-state index in [4.69, 9.17) is 28.4 Å². The lowest BCUT2D eigenvalue weighted by atomic mass is 9.96. The molecule has 3 aliphatic rings. The van der Waals surface area contributed by atoms with Crippen molar-refractivity contribution in [3.63, 3.8) is 0 Å². The maximum absolute atomic E-state index is 13.4. The molecule has 1 amide bonds. The Bertz CT molecular complexity index is 2050. The molecule has 3 fully saturated rings. The molecule has 95 heavy (non-hydrogen) atoms. The molecule has 19 heteroatoms. The minimum atomic E-state index is -1.99. The van der Waals surface area contributed by atoms with Gasteiger partial charge in [0, 0.05) is 6.42 Å². The number of nitrogens with one attached hydrogen (secondary N) is 1. The Labute approximate surface area is 571 Å². The fourth-order valence-electron chi connectivity index (χ4n) is 12.2. The Morgan fingerprint density at radius 3 is 1.18 bits per heavy atom. The summed E-state index contributed by atoms with van der Waals surface area (Å²) in [7, 11) is 0. The summed E-state index contributed by atoms with van der Waals surface area (Å²) in [6.45, 7) is 1.61. The second-order valence-corrected chi connectivity index (χ2v) is 26.4. The first-order valence-electron chi connectivity index (χ1n) is 37.3. The molecule has 0 aromatic rings. The Morgan fingerprint density at radius 1 is 0.389 bits per heavy atom. The fourth-order valence-corrected chi connectivity index (χ4v) is 12.2. The Kier molecular flexibility index (Phi) is 51.4. The molecule has 550 valence electrons. The number of hydrogen-bond donors (Lipinski definition) is 12. The number of hydrogen-bond acceptors (Lipinski definition) is 18. The highest BCUT2D eigenvalue weighted by Gasteiger charge is 2.53. The minimum Gasteiger partial charge on any atom is -0.394 e. The molecule has 17 unspecified atom stereocenters. The van der Waals surface area contributed by atoms with Gasteiger partial charge >= 0.3 is 0 Å². The first kappa shape index (κ1) is 86.2. The highest BCUT2D eigenvalue weighted by atomic mass is 16.8. The molecule has 17 atom stereocenters. The highest BCUT2D eigenvalue weighted by Crippen LogP contribution is 2.33. The van der Waals surface area contributed by atoms with E-state index in [-0.39, 0.29) is 18.9 Å². The first-order chi connectivity index (χ1) is 46.3. The molecular formula is C76H133NO18. The third kappa shape index (κ3) is 37.8. The van der Waals surface area contributed by atoms with Gasteiger partial charge in [0.2, 0.25) is 5.91 Å². The van der Waals surface area contributed by atoms with Gasteiger partial charge in [-0.05, 0) is 83.5 Å². The number of aliphatic hydroxyl groups is 11. The fraction of sp³-hybridized carbons (Fsp3) is 0.803. The largest absolute Gasteiger partial charge is 0.394 e. The van der Waals surface area contributed by atoms with Crippen LogP contribution in [0.3, 0.4) is 0 Å². The second-order valence-electron chi connectivity index (χ2n) is 26.4. The van der Waals surface area contributed by atoms with Crippen molar-refractivity contribution in [3.05, 3.63) is 85.1 Å². The van der Waals surface area contributed by atoms with Crippen molar-refractivity contribution in [2.75, 3.05) is 26.4 Å². The molecule has 0 saturated carbocycles. The van der Waals surface area contributed by atoms with E-state index in [1.165, 1.54) is 148 Å². The van der Waals surface area contributed by atoms with Gasteiger partial charge in [-0.3, -0.25) is 4.79 Å². The van der Waals surface area contributed by atoms with Crippen LogP contribution in [-0.2, 0) is 33.2 Å². The van der Waals surface area contributed by atoms with E-state index in [0.717, 1.165) is 77.0 Å². The zero-order valence-corrected chi connectivity index (χ0v) is 58.4. The quantitative estimate of drug-likeness (QED) is 0.0199. The van der Waals surface area contributed by atoms with Crippen LogP contribution in [0.1, 0.15) is 258 Å². The van der Waals surface area contributed by atoms with Crippen LogP contribution < -0.4 is 5.32 Å². The number of amides is 1. The van der Waals surface area contributed by atoms with Gasteiger partial charge in [-0.1, -0.05) is 253 Å². The zero-order valence-electron chi connectivity index (χ0n) is 58.4. The van der Waals surface area contributed by atoms with Gasteiger partial charge in [0.05, 0.1) is 38.6 Å². The van der Waals surface area contributed by atoms with E-state index in [1.54, 1.807) is 6.08 Å². The number of allylic oxidation sites excluding steroid dienone is 13. The van der Waals surface area contributed by atoms with Gasteiger partial charge in [-0.25, -0.2) is 0 Å². The molecule has 12 N–H and O–H groups in total. The predicted octanol–water partition coefficient (Wildman–Crippen LogP) is 11.1. The molecule has 0 aromatic heterocycles. The summed E-state index contributed by atoms with van der Waals surface area (Å²) in [5.41, 5.74) is 0. The summed E-state index contributed by atoms with van der Waals surface area (Å²) >= 11 is 0. The van der Waals surface area contributed by atoms with Gasteiger partial charge in [-0.15, -0.1) is 0 Å². The molecular weight excluding hydrogens is 1210 g/mol. The van der Waals surface area contributed by atoms with Gasteiger partial charge in [-0.2, -0.15) is 0 Å². The van der Waals surface area contributed by atoms with Crippen LogP contribution in [0.4, 0.5) is 0 Å². The van der Waals surface area contributed by atoms with Crippen molar-refractivity contribution < 1.29 is 89.4 Å². The molecule has 3 heterocycles. The summed E-state index contributed by atoms with van der Waals surface area (Å²) in [5.74, 6) is -0.291. The Balaban J connectivity index is 1.43. The number of rotatable bonds is 57. The summed E-state index contributed by atoms with van der Waals surface area (Å²) < 4.78 is 34.4. The van der Waals surface area contributed by atoms with Crippen LogP contribution in [0.15, 0.2) is 85.1 Å². The Morgan fingerprint density at radius 2 is 0.737 bits per heavy atom. The third-order valence-electron chi connectivity index (χ3n) is 18.2. The SMILES string of the molecule is CC/C=C\C/C=C\C/C=C\C/C=C\CCCCCCCCCCCCCCCCC(=O)NC(COC1OC(CO)C(OC2OC(CO)C(OC3OC(CO)C(O)C(O)C3O)C(O)C2O)C(O)C1O)C(O)/C=C/CC/C=C/CC/C=C/CCCCCCCCCCCCCCC. The van der Waals surface area contributed by atoms with E-state index < -0.39 is 124 Å². The molecule has 3 rings (SSSR count). The molecule has 0 spiro atoms. The second kappa shape index (κ2) is 56.7. The van der Waals surface area contributed by atoms with Crippen molar-refractivity contribution in [1.82, 2.24) is 5.32 Å². The minimum absolute atomic E-state index is 0.227. The van der Waals surface area contributed by atoms with Gasteiger partial charge in [0.1, 0.15) is 73.2 Å². The van der Waals surface area contributed by atoms with Crippen molar-refractivity contribution in [2.45, 2.75) is 362 Å². The lowest BCUT2D eigenvalue weighted by Crippen LogP contribution is -2.66. The molecule has 3 aliphatic heterocycles. The number of carbonyl (C=O) groups is 1. The molecule has 19 nitrogen and oxygen atoms in total. The van der Waals surface area contributed by atoms with Crippen LogP contribution in [0.5, 0.6) is 0 Å². The molecule has 0 aliphatic carbocycles. The van der Waals surface area contributed by atoms with Crippen molar-refractivity contribution in [2.24, 2.45) is 0 Å². The van der Waals surface area contributed by atoms with E-state index in [1.807, 2.05) is 6.08 Å². The summed E-state index contributed by atoms with van der Waals surface area (Å²) in [4.78, 5) is 13.4. The standard InChI is InChI=1S/C76H133NO18/c1-3-5-7-9-11-13-15-17-19-21-23-25-27-28-29-30-32-34-36-38-40-42-44-46-48-50-52-54-64(82)77-59(60(81)53-51-49-47-45-43-41-39-37-35-33-31-26-24-22-20-18-16-14-12-10-8-6-4-2)58-90-74-70(88)67(85)72(62(56-79)92-74)95-76-71(89)68(86)73(63(57-80)93-76)94-75-69(87)66(84)65(83)61(55-78)91-75/h5,7,11,13,17,19,23,25,35,37,43,45,51,53,59-63,65-76,78-81,83-89H,3-4,6,8-10,12,14-16,18,20-22,24,26-34,36,38-42,44,46-50,52,54-58H2,1-2H3,(H,77,82)/b7-5-,13-11-,19-17-,25-23-,37-35+,45-43+,53-51+. The van der Waals surface area contributed by atoms with Crippen LogP contribution >= 0.6 is 0 Å². The molecule has 3 saturated heterocycles. The highest BCUT2D eigenvalue weighted by molar-refractivity contribution is 5.76. The lowest BCUT2D eigenvalue weighted by Gasteiger charge is -2.48. The van der Waals surface area contributed by atoms with E-state index in [9.17, 15) is 61.0 Å². The van der Waals surface area contributed by atoms with Crippen molar-refractivity contribution >= 4 is 5.91 Å². The number of carbonyl (C=O) groups excluding carboxylic acids is 1. The summed E-state index contributed by atoms with van der Waals surface area (Å²) in [6.07, 6.45) is 47.0. The van der Waals surface area contributed by atoms with Crippen LogP contribution in [0, 0.1) is 0 Å². The zero-order chi connectivity index (χ0) is 68.9. The first-order valence-corrected chi connectivity index (χ1v) is 37.3. The number of ether oxygens (including phenoxy) is 6. The average molecular weight is 1350 g/mol. The summed E-state index contributed by atoms with van der Waals surface area (Å²) in [6, 6.07) is -1.00. The smallest absolute Gasteiger partial charge is 0.220 e. The van der Waals surface area contributed by atoms with Crippen LogP contribution in [-0.4, -0.2) is 193 Å².